The monoisotopic (exact) mass is 372 g/mol. The van der Waals surface area contributed by atoms with Crippen LogP contribution < -0.4 is 15.2 Å². The van der Waals surface area contributed by atoms with Crippen LogP contribution in [-0.4, -0.2) is 5.16 Å². The van der Waals surface area contributed by atoms with Crippen molar-refractivity contribution in [3.63, 3.8) is 0 Å². The van der Waals surface area contributed by atoms with E-state index in [4.69, 9.17) is 19.7 Å². The van der Waals surface area contributed by atoms with Crippen LogP contribution in [0.1, 0.15) is 11.1 Å². The number of aromatic nitrogens is 1. The minimum absolute atomic E-state index is 0.250. The summed E-state index contributed by atoms with van der Waals surface area (Å²) in [6.45, 7) is 0.847. The molecule has 0 spiro atoms. The fourth-order valence-electron chi connectivity index (χ4n) is 2.86. The molecule has 0 fully saturated rings. The predicted molar refractivity (Wildman–Crippen MR) is 108 cm³/mol. The van der Waals surface area contributed by atoms with Crippen molar-refractivity contribution in [3.8, 4) is 22.8 Å². The van der Waals surface area contributed by atoms with Crippen LogP contribution >= 0.6 is 0 Å². The summed E-state index contributed by atoms with van der Waals surface area (Å²) in [5.74, 6) is 1.49. The lowest BCUT2D eigenvalue weighted by molar-refractivity contribution is 0.257. The van der Waals surface area contributed by atoms with E-state index in [0.717, 1.165) is 16.7 Å². The SMILES string of the molecule is Nc1cc(-c2cccc(OCc3ccccc3)c2OCc2ccccc2)no1. The van der Waals surface area contributed by atoms with Crippen molar-refractivity contribution in [3.05, 3.63) is 96.1 Å². The number of nitrogen functional groups attached to an aromatic ring is 1. The lowest BCUT2D eigenvalue weighted by Gasteiger charge is -2.16. The number of nitrogens with two attached hydrogens (primary N) is 1. The summed E-state index contributed by atoms with van der Waals surface area (Å²) in [6, 6.07) is 27.3. The molecule has 1 aromatic heterocycles. The lowest BCUT2D eigenvalue weighted by Crippen LogP contribution is -2.02. The molecule has 0 aliphatic carbocycles. The summed E-state index contributed by atoms with van der Waals surface area (Å²) < 4.78 is 17.3. The second-order valence-corrected chi connectivity index (χ2v) is 6.30. The maximum atomic E-state index is 6.16. The van der Waals surface area contributed by atoms with Crippen molar-refractivity contribution in [2.45, 2.75) is 13.2 Å². The lowest BCUT2D eigenvalue weighted by atomic mass is 10.1. The van der Waals surface area contributed by atoms with Crippen LogP contribution in [0.25, 0.3) is 11.3 Å². The molecular weight excluding hydrogens is 352 g/mol. The molecule has 4 aromatic rings. The first kappa shape index (κ1) is 17.7. The number of hydrogen-bond donors (Lipinski definition) is 1. The van der Waals surface area contributed by atoms with E-state index in [1.807, 2.05) is 78.9 Å². The maximum absolute atomic E-state index is 6.16. The highest BCUT2D eigenvalue weighted by Gasteiger charge is 2.16. The Morgan fingerprint density at radius 1 is 0.750 bits per heavy atom. The highest BCUT2D eigenvalue weighted by Crippen LogP contribution is 2.39. The first-order valence-corrected chi connectivity index (χ1v) is 8.98. The Balaban J connectivity index is 1.64. The second kappa shape index (κ2) is 8.31. The molecule has 0 radical (unpaired) electrons. The molecule has 5 nitrogen and oxygen atoms in total. The Hall–Kier alpha value is -3.73. The molecule has 5 heteroatoms. The van der Waals surface area contributed by atoms with Gasteiger partial charge in [-0.05, 0) is 23.3 Å². The van der Waals surface area contributed by atoms with Gasteiger partial charge in [0.05, 0.1) is 0 Å². The number of ether oxygens (including phenoxy) is 2. The zero-order valence-electron chi connectivity index (χ0n) is 15.2. The molecule has 0 atom stereocenters. The molecule has 0 bridgehead atoms. The second-order valence-electron chi connectivity index (χ2n) is 6.30. The molecule has 4 rings (SSSR count). The van der Waals surface area contributed by atoms with E-state index in [0.29, 0.717) is 30.4 Å². The average molecular weight is 372 g/mol. The zero-order valence-corrected chi connectivity index (χ0v) is 15.2. The number of rotatable bonds is 7. The third kappa shape index (κ3) is 4.15. The third-order valence-electron chi connectivity index (χ3n) is 4.25. The van der Waals surface area contributed by atoms with Gasteiger partial charge in [-0.15, -0.1) is 0 Å². The van der Waals surface area contributed by atoms with Crippen LogP contribution in [0, 0.1) is 0 Å². The van der Waals surface area contributed by atoms with E-state index in [9.17, 15) is 0 Å². The zero-order chi connectivity index (χ0) is 19.2. The van der Waals surface area contributed by atoms with Crippen molar-refractivity contribution in [1.82, 2.24) is 5.16 Å². The number of hydrogen-bond acceptors (Lipinski definition) is 5. The molecule has 0 unspecified atom stereocenters. The largest absolute Gasteiger partial charge is 0.485 e. The summed E-state index contributed by atoms with van der Waals surface area (Å²) in [5.41, 5.74) is 9.21. The third-order valence-corrected chi connectivity index (χ3v) is 4.25. The van der Waals surface area contributed by atoms with Gasteiger partial charge in [0.25, 0.3) is 0 Å². The molecule has 1 heterocycles. The van der Waals surface area contributed by atoms with Gasteiger partial charge in [-0.2, -0.15) is 0 Å². The van der Waals surface area contributed by atoms with Crippen LogP contribution in [0.5, 0.6) is 11.5 Å². The topological polar surface area (TPSA) is 70.5 Å². The van der Waals surface area contributed by atoms with E-state index in [1.54, 1.807) is 6.07 Å². The summed E-state index contributed by atoms with van der Waals surface area (Å²) >= 11 is 0. The Morgan fingerprint density at radius 3 is 2.00 bits per heavy atom. The smallest absolute Gasteiger partial charge is 0.222 e. The molecule has 140 valence electrons. The van der Waals surface area contributed by atoms with Crippen LogP contribution in [0.3, 0.4) is 0 Å². The molecule has 0 saturated heterocycles. The molecule has 0 saturated carbocycles. The van der Waals surface area contributed by atoms with Crippen LogP contribution in [0.2, 0.25) is 0 Å². The Bertz CT molecular complexity index is 1030. The van der Waals surface area contributed by atoms with Gasteiger partial charge in [-0.3, -0.25) is 0 Å². The summed E-state index contributed by atoms with van der Waals surface area (Å²) in [7, 11) is 0. The molecule has 3 aromatic carbocycles. The van der Waals surface area contributed by atoms with Gasteiger partial charge in [-0.1, -0.05) is 71.9 Å². The van der Waals surface area contributed by atoms with Gasteiger partial charge in [0.2, 0.25) is 5.88 Å². The van der Waals surface area contributed by atoms with E-state index in [-0.39, 0.29) is 5.88 Å². The predicted octanol–water partition coefficient (Wildman–Crippen LogP) is 5.08. The van der Waals surface area contributed by atoms with Crippen LogP contribution in [0.4, 0.5) is 5.88 Å². The minimum atomic E-state index is 0.250. The average Bonchev–Trinajstić information content (AvgIpc) is 3.18. The van der Waals surface area contributed by atoms with Gasteiger partial charge in [0.1, 0.15) is 18.9 Å². The normalized spacial score (nSPS) is 10.6. The Morgan fingerprint density at radius 2 is 1.39 bits per heavy atom. The van der Waals surface area contributed by atoms with Crippen molar-refractivity contribution in [2.24, 2.45) is 0 Å². The molecule has 0 aliphatic heterocycles. The fraction of sp³-hybridized carbons (Fsp3) is 0.0870. The summed E-state index contributed by atoms with van der Waals surface area (Å²) in [5, 5.41) is 4.03. The first-order valence-electron chi connectivity index (χ1n) is 8.98. The molecule has 0 aliphatic rings. The summed E-state index contributed by atoms with van der Waals surface area (Å²) in [6.07, 6.45) is 0. The Labute approximate surface area is 163 Å². The van der Waals surface area contributed by atoms with Crippen LogP contribution in [0.15, 0.2) is 89.5 Å². The maximum Gasteiger partial charge on any atom is 0.222 e. The van der Waals surface area contributed by atoms with Gasteiger partial charge in [-0.25, -0.2) is 0 Å². The molecule has 0 amide bonds. The van der Waals surface area contributed by atoms with E-state index in [1.165, 1.54) is 0 Å². The van der Waals surface area contributed by atoms with E-state index in [2.05, 4.69) is 5.16 Å². The Kier molecular flexibility index (Phi) is 5.24. The van der Waals surface area contributed by atoms with Crippen molar-refractivity contribution in [1.29, 1.82) is 0 Å². The molecule has 28 heavy (non-hydrogen) atoms. The quantitative estimate of drug-likeness (QED) is 0.490. The van der Waals surface area contributed by atoms with Gasteiger partial charge in [0, 0.05) is 11.6 Å². The van der Waals surface area contributed by atoms with E-state index >= 15 is 0 Å². The number of benzene rings is 3. The minimum Gasteiger partial charge on any atom is -0.485 e. The number of para-hydroxylation sites is 1. The van der Waals surface area contributed by atoms with Crippen LogP contribution in [-0.2, 0) is 13.2 Å². The fourth-order valence-corrected chi connectivity index (χ4v) is 2.86. The molecule has 2 N–H and O–H groups in total. The van der Waals surface area contributed by atoms with E-state index < -0.39 is 0 Å². The highest BCUT2D eigenvalue weighted by molar-refractivity contribution is 5.72. The van der Waals surface area contributed by atoms with Crippen molar-refractivity contribution in [2.75, 3.05) is 5.73 Å². The van der Waals surface area contributed by atoms with Gasteiger partial charge in [0.15, 0.2) is 11.5 Å². The molecular formula is C23H20N2O3. The standard InChI is InChI=1S/C23H20N2O3/c24-22-14-20(25-28-22)19-12-7-13-21(26-15-17-8-3-1-4-9-17)23(19)27-16-18-10-5-2-6-11-18/h1-14H,15-16,24H2. The van der Waals surface area contributed by atoms with Gasteiger partial charge >= 0.3 is 0 Å². The van der Waals surface area contributed by atoms with Gasteiger partial charge < -0.3 is 19.7 Å². The van der Waals surface area contributed by atoms with Crippen molar-refractivity contribution < 1.29 is 14.0 Å². The number of nitrogens with zero attached hydrogens (tertiary/aromatic N) is 1. The first-order chi connectivity index (χ1) is 13.8. The van der Waals surface area contributed by atoms with Crippen molar-refractivity contribution >= 4 is 5.88 Å². The highest BCUT2D eigenvalue weighted by atomic mass is 16.5. The summed E-state index contributed by atoms with van der Waals surface area (Å²) in [4.78, 5) is 0. The number of anilines is 1.